The molecule has 0 saturated heterocycles. The summed E-state index contributed by atoms with van der Waals surface area (Å²) >= 11 is 0. The fourth-order valence-corrected chi connectivity index (χ4v) is 5.55. The van der Waals surface area contributed by atoms with E-state index in [4.69, 9.17) is 5.73 Å². The van der Waals surface area contributed by atoms with Gasteiger partial charge in [-0.25, -0.2) is 0 Å². The number of nitrogens with zero attached hydrogens (tertiary/aromatic N) is 2. The van der Waals surface area contributed by atoms with Crippen LogP contribution >= 0.6 is 0 Å². The van der Waals surface area contributed by atoms with Crippen molar-refractivity contribution in [1.82, 2.24) is 9.80 Å². The number of amides is 2. The molecule has 0 bridgehead atoms. The van der Waals surface area contributed by atoms with E-state index in [2.05, 4.69) is 0 Å². The van der Waals surface area contributed by atoms with E-state index in [9.17, 15) is 39.6 Å². The fraction of sp³-hybridized carbons (Fsp3) is 0.500. The number of likely N-dealkylation sites (N-methyl/N-ethyl adjacent to an activating group) is 1. The summed E-state index contributed by atoms with van der Waals surface area (Å²) in [4.78, 5) is 53.8. The Labute approximate surface area is 227 Å². The van der Waals surface area contributed by atoms with Gasteiger partial charge in [0.2, 0.25) is 12.2 Å². The summed E-state index contributed by atoms with van der Waals surface area (Å²) in [5.74, 6) is -6.76. The lowest BCUT2D eigenvalue weighted by molar-refractivity contribution is -0.144. The first-order valence-corrected chi connectivity index (χ1v) is 12.8. The third kappa shape index (κ3) is 5.36. The van der Waals surface area contributed by atoms with Gasteiger partial charge in [0.15, 0.2) is 11.4 Å². The van der Waals surface area contributed by atoms with Crippen LogP contribution in [-0.4, -0.2) is 86.9 Å². The van der Waals surface area contributed by atoms with E-state index in [1.54, 1.807) is 31.1 Å². The topological polar surface area (TPSA) is 182 Å². The van der Waals surface area contributed by atoms with Crippen molar-refractivity contribution in [3.05, 3.63) is 57.4 Å². The second-order valence-electron chi connectivity index (χ2n) is 11.0. The number of hydrogen-bond donors (Lipinski definition) is 5. The van der Waals surface area contributed by atoms with Gasteiger partial charge in [0, 0.05) is 61.9 Å². The first-order chi connectivity index (χ1) is 18.1. The van der Waals surface area contributed by atoms with Gasteiger partial charge in [0.1, 0.15) is 22.9 Å². The molecule has 3 rings (SSSR count). The van der Waals surface area contributed by atoms with Crippen molar-refractivity contribution in [3.8, 4) is 0 Å². The zero-order chi connectivity index (χ0) is 29.4. The number of carbonyl (C=O) groups excluding carboxylic acids is 4. The highest BCUT2D eigenvalue weighted by Crippen LogP contribution is 2.49. The molecule has 0 spiro atoms. The number of primary amides is 1. The molecule has 3 atom stereocenters. The van der Waals surface area contributed by atoms with E-state index < -0.39 is 57.8 Å². The van der Waals surface area contributed by atoms with Crippen LogP contribution in [0.15, 0.2) is 57.4 Å². The SMILES string of the molecule is C\C1=C(O)/C(CN(C=O)CC(C)C)=C\C(N(C)C)=C\C[C@H]2C[C@H]3CC(O)=C(C(N)=O)C(=O)[C@@]3(O)C(O)=C2C1=O. The van der Waals surface area contributed by atoms with E-state index in [1.165, 1.54) is 11.8 Å². The van der Waals surface area contributed by atoms with E-state index in [1.807, 2.05) is 13.8 Å². The van der Waals surface area contributed by atoms with E-state index >= 15 is 0 Å². The molecule has 6 N–H and O–H groups in total. The van der Waals surface area contributed by atoms with Gasteiger partial charge in [0.25, 0.3) is 5.91 Å². The average Bonchev–Trinajstić information content (AvgIpc) is 2.84. The zero-order valence-corrected chi connectivity index (χ0v) is 22.9. The molecule has 2 amide bonds. The van der Waals surface area contributed by atoms with Crippen LogP contribution in [-0.2, 0) is 19.2 Å². The number of allylic oxidation sites excluding steroid dienone is 5. The Bertz CT molecular complexity index is 1250. The smallest absolute Gasteiger partial charge is 0.255 e. The Balaban J connectivity index is 2.23. The van der Waals surface area contributed by atoms with E-state index in [0.29, 0.717) is 18.7 Å². The Morgan fingerprint density at radius 2 is 1.87 bits per heavy atom. The second kappa shape index (κ2) is 11.1. The van der Waals surface area contributed by atoms with Crippen molar-refractivity contribution in [3.63, 3.8) is 0 Å². The van der Waals surface area contributed by atoms with Crippen LogP contribution in [0.1, 0.15) is 40.0 Å². The van der Waals surface area contributed by atoms with Crippen LogP contribution in [0.25, 0.3) is 0 Å². The summed E-state index contributed by atoms with van der Waals surface area (Å²) in [6, 6.07) is 0. The highest BCUT2D eigenvalue weighted by Gasteiger charge is 2.58. The van der Waals surface area contributed by atoms with Crippen LogP contribution in [0.2, 0.25) is 0 Å². The fourth-order valence-electron chi connectivity index (χ4n) is 5.55. The quantitative estimate of drug-likeness (QED) is 0.236. The first kappa shape index (κ1) is 29.7. The lowest BCUT2D eigenvalue weighted by Crippen LogP contribution is -2.56. The summed E-state index contributed by atoms with van der Waals surface area (Å²) in [6.45, 7) is 5.66. The van der Waals surface area contributed by atoms with Crippen LogP contribution in [0, 0.1) is 17.8 Å². The van der Waals surface area contributed by atoms with Gasteiger partial charge in [-0.2, -0.15) is 0 Å². The molecule has 0 fully saturated rings. The van der Waals surface area contributed by atoms with Crippen molar-refractivity contribution in [2.45, 2.75) is 45.6 Å². The lowest BCUT2D eigenvalue weighted by Gasteiger charge is -2.44. The number of hydrogen-bond acceptors (Lipinski definition) is 9. The number of carbonyl (C=O) groups is 4. The van der Waals surface area contributed by atoms with Crippen LogP contribution in [0.5, 0.6) is 0 Å². The molecule has 3 aliphatic rings. The van der Waals surface area contributed by atoms with Gasteiger partial charge >= 0.3 is 0 Å². The Morgan fingerprint density at radius 3 is 2.41 bits per heavy atom. The van der Waals surface area contributed by atoms with E-state index in [0.717, 1.165) is 0 Å². The third-order valence-corrected chi connectivity index (χ3v) is 7.55. The number of rotatable bonds is 7. The number of Topliss-reactive ketones (excluding diaryl/α,β-unsaturated/α-hetero) is 2. The third-order valence-electron chi connectivity index (χ3n) is 7.55. The summed E-state index contributed by atoms with van der Waals surface area (Å²) < 4.78 is 0. The molecule has 0 radical (unpaired) electrons. The molecule has 0 unspecified atom stereocenters. The molecular weight excluding hydrogens is 506 g/mol. The van der Waals surface area contributed by atoms with Crippen molar-refractivity contribution in [2.75, 3.05) is 27.2 Å². The number of fused-ring (bicyclic) bond motifs is 2. The maximum absolute atomic E-state index is 13.8. The van der Waals surface area contributed by atoms with Gasteiger partial charge in [-0.3, -0.25) is 19.2 Å². The highest BCUT2D eigenvalue weighted by atomic mass is 16.3. The molecular formula is C28H37N3O8. The van der Waals surface area contributed by atoms with Crippen LogP contribution in [0.3, 0.4) is 0 Å². The molecule has 39 heavy (non-hydrogen) atoms. The summed E-state index contributed by atoms with van der Waals surface area (Å²) in [6.07, 6.45) is 4.10. The monoisotopic (exact) mass is 543 g/mol. The first-order valence-electron chi connectivity index (χ1n) is 12.8. The average molecular weight is 544 g/mol. The maximum atomic E-state index is 13.8. The Hall–Kier alpha value is -3.86. The predicted octanol–water partition coefficient (Wildman–Crippen LogP) is 1.73. The summed E-state index contributed by atoms with van der Waals surface area (Å²) in [5.41, 5.74) is 2.33. The van der Waals surface area contributed by atoms with Crippen LogP contribution in [0.4, 0.5) is 0 Å². The van der Waals surface area contributed by atoms with Crippen molar-refractivity contribution in [2.24, 2.45) is 23.5 Å². The molecule has 0 aromatic rings. The van der Waals surface area contributed by atoms with Gasteiger partial charge in [-0.1, -0.05) is 19.9 Å². The van der Waals surface area contributed by atoms with Crippen LogP contribution < -0.4 is 5.73 Å². The van der Waals surface area contributed by atoms with Crippen molar-refractivity contribution in [1.29, 1.82) is 0 Å². The molecule has 0 aromatic heterocycles. The molecule has 0 aromatic carbocycles. The van der Waals surface area contributed by atoms with Crippen molar-refractivity contribution < 1.29 is 39.6 Å². The molecule has 11 heteroatoms. The standard InChI is InChI=1S/C28H37N3O8/c1-14(2)11-31(13-32)12-17-9-19(30(4)5)7-6-16-8-18-10-20(33)22(27(29)38)26(37)28(18,39)25(36)21(16)24(35)15(3)23(17)34/h7,9,13-14,16,18,33-34,36,39H,6,8,10-12H2,1-5H3,(H2,29,38)/b17-9-,19-7-,23-15-/t16-,18-,28-/m0/s1. The van der Waals surface area contributed by atoms with Crippen molar-refractivity contribution >= 4 is 23.9 Å². The molecule has 11 nitrogen and oxygen atoms in total. The van der Waals surface area contributed by atoms with Gasteiger partial charge in [0.05, 0.1) is 0 Å². The minimum Gasteiger partial charge on any atom is -0.511 e. The predicted molar refractivity (Wildman–Crippen MR) is 142 cm³/mol. The molecule has 0 heterocycles. The number of nitrogens with two attached hydrogens (primary N) is 1. The minimum absolute atomic E-state index is 0.00825. The Morgan fingerprint density at radius 1 is 1.23 bits per heavy atom. The largest absolute Gasteiger partial charge is 0.511 e. The number of aliphatic hydroxyl groups is 4. The second-order valence-corrected chi connectivity index (χ2v) is 11.0. The van der Waals surface area contributed by atoms with Gasteiger partial charge < -0.3 is 36.0 Å². The molecule has 0 saturated carbocycles. The maximum Gasteiger partial charge on any atom is 0.255 e. The number of aliphatic hydroxyl groups excluding tert-OH is 3. The minimum atomic E-state index is -2.64. The Kier molecular flexibility index (Phi) is 8.44. The van der Waals surface area contributed by atoms with Gasteiger partial charge in [-0.15, -0.1) is 0 Å². The van der Waals surface area contributed by atoms with E-state index in [-0.39, 0.29) is 48.4 Å². The molecule has 0 aliphatic heterocycles. The summed E-state index contributed by atoms with van der Waals surface area (Å²) in [7, 11) is 3.58. The normalized spacial score (nSPS) is 30.6. The zero-order valence-electron chi connectivity index (χ0n) is 22.9. The number of ketones is 2. The summed E-state index contributed by atoms with van der Waals surface area (Å²) in [5, 5.41) is 44.4. The lowest BCUT2D eigenvalue weighted by atomic mass is 9.62. The molecule has 3 aliphatic carbocycles. The highest BCUT2D eigenvalue weighted by molar-refractivity contribution is 6.24. The van der Waals surface area contributed by atoms with Gasteiger partial charge in [-0.05, 0) is 37.7 Å². The molecule has 212 valence electrons.